The van der Waals surface area contributed by atoms with E-state index in [0.29, 0.717) is 5.56 Å². The molecule has 1 N–H and O–H groups in total. The second-order valence-corrected chi connectivity index (χ2v) is 11.7. The van der Waals surface area contributed by atoms with Gasteiger partial charge in [-0.3, -0.25) is 0 Å². The van der Waals surface area contributed by atoms with Crippen molar-refractivity contribution in [3.05, 3.63) is 69.8 Å². The summed E-state index contributed by atoms with van der Waals surface area (Å²) >= 11 is 2.03. The molecule has 0 saturated carbocycles. The molecule has 2 aromatic rings. The van der Waals surface area contributed by atoms with Crippen LogP contribution in [0.2, 0.25) is 0 Å². The van der Waals surface area contributed by atoms with Crippen LogP contribution in [-0.4, -0.2) is 16.8 Å². The molecule has 2 aromatic carbocycles. The molecule has 1 unspecified atom stereocenters. The summed E-state index contributed by atoms with van der Waals surface area (Å²) in [5, 5.41) is 9.14. The van der Waals surface area contributed by atoms with Crippen LogP contribution in [-0.2, 0) is 16.6 Å². The third-order valence-corrected chi connectivity index (χ3v) is 8.40. The zero-order chi connectivity index (χ0) is 23.5. The first-order valence-electron chi connectivity index (χ1n) is 11.8. The third-order valence-electron chi connectivity index (χ3n) is 7.08. The molecule has 1 aliphatic carbocycles. The number of carboxylic acids is 1. The second-order valence-electron chi connectivity index (χ2n) is 10.7. The molecule has 0 aliphatic heterocycles. The molecule has 172 valence electrons. The van der Waals surface area contributed by atoms with Crippen molar-refractivity contribution in [3.8, 4) is 0 Å². The van der Waals surface area contributed by atoms with Crippen LogP contribution in [0.1, 0.15) is 99.0 Å². The summed E-state index contributed by atoms with van der Waals surface area (Å²) in [6.07, 6.45) is 7.97. The van der Waals surface area contributed by atoms with Gasteiger partial charge in [0.15, 0.2) is 0 Å². The number of carboxylic acid groups (broad SMARTS) is 1. The Bertz CT molecular complexity index is 983. The van der Waals surface area contributed by atoms with Crippen LogP contribution >= 0.6 is 11.8 Å². The number of benzene rings is 2. The first-order chi connectivity index (χ1) is 15.0. The smallest absolute Gasteiger partial charge is 0.335 e. The molecule has 0 aromatic heterocycles. The summed E-state index contributed by atoms with van der Waals surface area (Å²) in [7, 11) is 0. The fourth-order valence-corrected chi connectivity index (χ4v) is 5.59. The molecule has 0 amide bonds. The van der Waals surface area contributed by atoms with Crippen molar-refractivity contribution in [1.82, 2.24) is 0 Å². The lowest BCUT2D eigenvalue weighted by Gasteiger charge is -2.42. The average Bonchev–Trinajstić information content (AvgIpc) is 2.75. The number of thioether (sulfide) groups is 1. The fraction of sp³-hybridized carbons (Fsp3) is 0.483. The lowest BCUT2D eigenvalue weighted by Crippen LogP contribution is -2.34. The Balaban J connectivity index is 1.98. The first-order valence-corrected chi connectivity index (χ1v) is 13.0. The molecule has 1 atom stereocenters. The Kier molecular flexibility index (Phi) is 7.60. The largest absolute Gasteiger partial charge is 0.478 e. The molecule has 2 nitrogen and oxygen atoms in total. The predicted molar refractivity (Wildman–Crippen MR) is 140 cm³/mol. The van der Waals surface area contributed by atoms with Crippen LogP contribution < -0.4 is 0 Å². The zero-order valence-electron chi connectivity index (χ0n) is 20.5. The number of fused-ring (bicyclic) bond motifs is 1. The summed E-state index contributed by atoms with van der Waals surface area (Å²) < 4.78 is 0. The van der Waals surface area contributed by atoms with E-state index >= 15 is 0 Å². The highest BCUT2D eigenvalue weighted by Crippen LogP contribution is 2.47. The first kappa shape index (κ1) is 24.6. The summed E-state index contributed by atoms with van der Waals surface area (Å²) in [5.41, 5.74) is 7.40. The normalized spacial score (nSPS) is 17.8. The molecule has 0 bridgehead atoms. The van der Waals surface area contributed by atoms with Gasteiger partial charge in [-0.2, -0.15) is 11.8 Å². The highest BCUT2D eigenvalue weighted by atomic mass is 32.2. The van der Waals surface area contributed by atoms with Crippen LogP contribution in [0.5, 0.6) is 0 Å². The molecule has 1 aliphatic rings. The highest BCUT2D eigenvalue weighted by molar-refractivity contribution is 7.98. The Morgan fingerprint density at radius 2 is 1.62 bits per heavy atom. The van der Waals surface area contributed by atoms with Crippen LogP contribution in [0, 0.1) is 5.92 Å². The Morgan fingerprint density at radius 1 is 1.03 bits per heavy atom. The minimum atomic E-state index is -0.888. The number of hydrogen-bond donors (Lipinski definition) is 1. The minimum Gasteiger partial charge on any atom is -0.478 e. The van der Waals surface area contributed by atoms with Crippen molar-refractivity contribution in [2.75, 3.05) is 5.75 Å². The van der Waals surface area contributed by atoms with E-state index in [0.717, 1.165) is 17.2 Å². The van der Waals surface area contributed by atoms with Gasteiger partial charge in [0, 0.05) is 5.75 Å². The van der Waals surface area contributed by atoms with Gasteiger partial charge in [-0.15, -0.1) is 0 Å². The molecule has 0 spiro atoms. The van der Waals surface area contributed by atoms with Crippen LogP contribution in [0.4, 0.5) is 0 Å². The van der Waals surface area contributed by atoms with Gasteiger partial charge >= 0.3 is 5.97 Å². The standard InChI is InChI=1S/C29H38O2S/c1-7-20(2)18-32-19-24-17-26-25(28(3,4)14-15-29(26,5)6)16-23(24)13-10-21-8-11-22(12-9-21)27(30)31/h8-13,16-17,20H,7,14-15,18-19H2,1-6H3,(H,30,31)/b13-10+. The van der Waals surface area contributed by atoms with E-state index in [1.165, 1.54) is 47.3 Å². The maximum atomic E-state index is 11.1. The summed E-state index contributed by atoms with van der Waals surface area (Å²) in [6.45, 7) is 14.1. The Morgan fingerprint density at radius 3 is 2.19 bits per heavy atom. The van der Waals surface area contributed by atoms with Crippen LogP contribution in [0.3, 0.4) is 0 Å². The van der Waals surface area contributed by atoms with Gasteiger partial charge in [-0.05, 0) is 75.3 Å². The van der Waals surface area contributed by atoms with Gasteiger partial charge in [0.2, 0.25) is 0 Å². The third kappa shape index (κ3) is 5.67. The minimum absolute atomic E-state index is 0.180. The van der Waals surface area contributed by atoms with Crippen molar-refractivity contribution >= 4 is 29.9 Å². The quantitative estimate of drug-likeness (QED) is 0.412. The average molecular weight is 451 g/mol. The molecule has 32 heavy (non-hydrogen) atoms. The number of aromatic carboxylic acids is 1. The number of rotatable bonds is 8. The van der Waals surface area contributed by atoms with E-state index in [1.807, 2.05) is 23.9 Å². The van der Waals surface area contributed by atoms with E-state index in [2.05, 4.69) is 65.8 Å². The van der Waals surface area contributed by atoms with Gasteiger partial charge in [0.25, 0.3) is 0 Å². The highest BCUT2D eigenvalue weighted by Gasteiger charge is 2.37. The monoisotopic (exact) mass is 450 g/mol. The van der Waals surface area contributed by atoms with Gasteiger partial charge in [-0.25, -0.2) is 4.79 Å². The molecule has 0 fully saturated rings. The lowest BCUT2D eigenvalue weighted by molar-refractivity contribution is 0.0697. The van der Waals surface area contributed by atoms with Crippen molar-refractivity contribution in [2.45, 2.75) is 77.4 Å². The SMILES string of the molecule is CCC(C)CSCc1cc2c(cc1/C=C/c1ccc(C(=O)O)cc1)C(C)(C)CCC2(C)C. The van der Waals surface area contributed by atoms with E-state index < -0.39 is 5.97 Å². The molecule has 0 heterocycles. The molecular formula is C29H38O2S. The zero-order valence-corrected chi connectivity index (χ0v) is 21.3. The number of carbonyl (C=O) groups is 1. The number of hydrogen-bond acceptors (Lipinski definition) is 2. The summed E-state index contributed by atoms with van der Waals surface area (Å²) in [6, 6.07) is 12.0. The van der Waals surface area contributed by atoms with Gasteiger partial charge in [-0.1, -0.05) is 84.4 Å². The van der Waals surface area contributed by atoms with E-state index in [1.54, 1.807) is 12.1 Å². The fourth-order valence-electron chi connectivity index (χ4n) is 4.37. The second kappa shape index (κ2) is 9.87. The van der Waals surface area contributed by atoms with E-state index in [4.69, 9.17) is 5.11 Å². The summed E-state index contributed by atoms with van der Waals surface area (Å²) in [4.78, 5) is 11.1. The van der Waals surface area contributed by atoms with Crippen LogP contribution in [0.15, 0.2) is 36.4 Å². The van der Waals surface area contributed by atoms with Crippen LogP contribution in [0.25, 0.3) is 12.2 Å². The van der Waals surface area contributed by atoms with Crippen molar-refractivity contribution < 1.29 is 9.90 Å². The Hall–Kier alpha value is -2.00. The summed E-state index contributed by atoms with van der Waals surface area (Å²) in [5.74, 6) is 2.05. The van der Waals surface area contributed by atoms with Crippen molar-refractivity contribution in [3.63, 3.8) is 0 Å². The molecular weight excluding hydrogens is 412 g/mol. The lowest BCUT2D eigenvalue weighted by atomic mass is 9.62. The Labute approximate surface area is 198 Å². The predicted octanol–water partition coefficient (Wildman–Crippen LogP) is 8.18. The molecule has 3 rings (SSSR count). The molecule has 0 saturated heterocycles. The van der Waals surface area contributed by atoms with Gasteiger partial charge < -0.3 is 5.11 Å². The molecule has 0 radical (unpaired) electrons. The maximum absolute atomic E-state index is 11.1. The van der Waals surface area contributed by atoms with Gasteiger partial charge in [0.05, 0.1) is 5.56 Å². The van der Waals surface area contributed by atoms with E-state index in [-0.39, 0.29) is 10.8 Å². The maximum Gasteiger partial charge on any atom is 0.335 e. The van der Waals surface area contributed by atoms with E-state index in [9.17, 15) is 4.79 Å². The topological polar surface area (TPSA) is 37.3 Å². The van der Waals surface area contributed by atoms with Gasteiger partial charge in [0.1, 0.15) is 0 Å². The molecule has 3 heteroatoms. The van der Waals surface area contributed by atoms with Crippen molar-refractivity contribution in [2.24, 2.45) is 5.92 Å². The van der Waals surface area contributed by atoms with Crippen molar-refractivity contribution in [1.29, 1.82) is 0 Å².